The summed E-state index contributed by atoms with van der Waals surface area (Å²) < 4.78 is 17.8. The quantitative estimate of drug-likeness (QED) is 0.721. The summed E-state index contributed by atoms with van der Waals surface area (Å²) >= 11 is 0. The first kappa shape index (κ1) is 21.0. The van der Waals surface area contributed by atoms with Crippen molar-refractivity contribution in [2.45, 2.75) is 69.2 Å². The number of fused-ring (bicyclic) bond motifs is 3. The third kappa shape index (κ3) is 4.46. The molecule has 3 fully saturated rings. The Morgan fingerprint density at radius 1 is 1.00 bits per heavy atom. The van der Waals surface area contributed by atoms with E-state index in [2.05, 4.69) is 5.32 Å². The van der Waals surface area contributed by atoms with Crippen LogP contribution < -0.4 is 19.7 Å². The molecular weight excluding hydrogens is 416 g/mol. The Labute approximate surface area is 195 Å². The second-order valence-corrected chi connectivity index (χ2v) is 9.81. The molecule has 2 aromatic carbocycles. The molecule has 0 saturated carbocycles. The van der Waals surface area contributed by atoms with Gasteiger partial charge in [0.15, 0.2) is 0 Å². The van der Waals surface area contributed by atoms with E-state index < -0.39 is 0 Å². The Morgan fingerprint density at radius 3 is 2.55 bits per heavy atom. The van der Waals surface area contributed by atoms with Gasteiger partial charge in [-0.25, -0.2) is 0 Å². The number of nitrogens with one attached hydrogen (secondary N) is 1. The zero-order chi connectivity index (χ0) is 22.2. The van der Waals surface area contributed by atoms with Gasteiger partial charge < -0.3 is 24.4 Å². The Hall–Kier alpha value is -2.57. The van der Waals surface area contributed by atoms with Crippen molar-refractivity contribution in [1.82, 2.24) is 5.32 Å². The van der Waals surface area contributed by atoms with Gasteiger partial charge in [0.2, 0.25) is 0 Å². The predicted molar refractivity (Wildman–Crippen MR) is 126 cm³/mol. The van der Waals surface area contributed by atoms with Crippen LogP contribution in [-0.2, 0) is 11.2 Å². The fourth-order valence-corrected chi connectivity index (χ4v) is 5.76. The summed E-state index contributed by atoms with van der Waals surface area (Å²) in [7, 11) is 0. The summed E-state index contributed by atoms with van der Waals surface area (Å²) in [5.41, 5.74) is 2.74. The van der Waals surface area contributed by atoms with Gasteiger partial charge in [0.25, 0.3) is 5.91 Å². The van der Waals surface area contributed by atoms with Gasteiger partial charge in [0, 0.05) is 36.5 Å². The standard InChI is InChI=1S/C27H32N2O4/c30-27-26-10-9-23(32-17-24-2-1-13-31-24)14-18(26)11-12-29(27)21-5-7-22(8-6-21)33-25-15-19-3-4-20(16-25)28-19/h5-10,14,19-20,24-25,28H,1-4,11-13,15-17H2/t19-,20+,24-,25?/m0/s1. The van der Waals surface area contributed by atoms with Crippen molar-refractivity contribution in [2.24, 2.45) is 0 Å². The minimum Gasteiger partial charge on any atom is -0.491 e. The van der Waals surface area contributed by atoms with E-state index in [1.54, 1.807) is 0 Å². The second kappa shape index (κ2) is 8.99. The molecule has 6 heteroatoms. The highest BCUT2D eigenvalue weighted by Gasteiger charge is 2.34. The number of hydrogen-bond acceptors (Lipinski definition) is 5. The van der Waals surface area contributed by atoms with Crippen molar-refractivity contribution >= 4 is 11.6 Å². The number of anilines is 1. The fourth-order valence-electron chi connectivity index (χ4n) is 5.76. The van der Waals surface area contributed by atoms with E-state index in [1.807, 2.05) is 47.4 Å². The Kier molecular flexibility index (Phi) is 5.72. The SMILES string of the molecule is O=C1c2ccc(OC[C@@H]3CCCO3)cc2CCN1c1ccc(OC2C[C@H]3CC[C@@H](C2)N3)cc1. The van der Waals surface area contributed by atoms with Gasteiger partial charge in [-0.2, -0.15) is 0 Å². The van der Waals surface area contributed by atoms with Gasteiger partial charge in [-0.15, -0.1) is 0 Å². The molecule has 0 radical (unpaired) electrons. The molecule has 6 rings (SSSR count). The summed E-state index contributed by atoms with van der Waals surface area (Å²) in [6, 6.07) is 15.1. The highest BCUT2D eigenvalue weighted by molar-refractivity contribution is 6.08. The molecule has 2 bridgehead atoms. The lowest BCUT2D eigenvalue weighted by Gasteiger charge is -2.30. The fraction of sp³-hybridized carbons (Fsp3) is 0.519. The zero-order valence-corrected chi connectivity index (χ0v) is 19.0. The van der Waals surface area contributed by atoms with Gasteiger partial charge in [-0.05, 0) is 93.0 Å². The van der Waals surface area contributed by atoms with E-state index in [0.717, 1.165) is 67.0 Å². The third-order valence-corrected chi connectivity index (χ3v) is 7.50. The van der Waals surface area contributed by atoms with Gasteiger partial charge in [0.05, 0.1) is 6.10 Å². The van der Waals surface area contributed by atoms with E-state index in [4.69, 9.17) is 14.2 Å². The molecule has 3 saturated heterocycles. The van der Waals surface area contributed by atoms with Gasteiger partial charge in [0.1, 0.15) is 24.2 Å². The second-order valence-electron chi connectivity index (χ2n) is 9.81. The smallest absolute Gasteiger partial charge is 0.258 e. The number of amides is 1. The number of nitrogens with zero attached hydrogens (tertiary/aromatic N) is 1. The van der Waals surface area contributed by atoms with E-state index in [1.165, 1.54) is 12.8 Å². The van der Waals surface area contributed by atoms with E-state index in [-0.39, 0.29) is 18.1 Å². The summed E-state index contributed by atoms with van der Waals surface area (Å²) in [6.45, 7) is 2.07. The number of carbonyl (C=O) groups excluding carboxylic acids is 1. The molecule has 6 nitrogen and oxygen atoms in total. The van der Waals surface area contributed by atoms with Crippen molar-refractivity contribution in [3.05, 3.63) is 53.6 Å². The van der Waals surface area contributed by atoms with Crippen LogP contribution in [0.15, 0.2) is 42.5 Å². The van der Waals surface area contributed by atoms with Gasteiger partial charge >= 0.3 is 0 Å². The van der Waals surface area contributed by atoms with Crippen LogP contribution in [0.2, 0.25) is 0 Å². The molecule has 0 aromatic heterocycles. The molecule has 4 aliphatic heterocycles. The molecule has 1 unspecified atom stereocenters. The number of rotatable bonds is 6. The molecule has 4 atom stereocenters. The molecular formula is C27H32N2O4. The average molecular weight is 449 g/mol. The van der Waals surface area contributed by atoms with Crippen LogP contribution in [0.3, 0.4) is 0 Å². The monoisotopic (exact) mass is 448 g/mol. The average Bonchev–Trinajstić information content (AvgIpc) is 3.48. The molecule has 2 aromatic rings. The highest BCUT2D eigenvalue weighted by atomic mass is 16.5. The van der Waals surface area contributed by atoms with Crippen molar-refractivity contribution in [1.29, 1.82) is 0 Å². The largest absolute Gasteiger partial charge is 0.491 e. The van der Waals surface area contributed by atoms with Gasteiger partial charge in [-0.3, -0.25) is 4.79 Å². The maximum absolute atomic E-state index is 13.2. The Morgan fingerprint density at radius 2 is 1.79 bits per heavy atom. The lowest BCUT2D eigenvalue weighted by atomic mass is 9.98. The molecule has 174 valence electrons. The summed E-state index contributed by atoms with van der Waals surface area (Å²) in [4.78, 5) is 15.1. The summed E-state index contributed by atoms with van der Waals surface area (Å²) in [6.07, 6.45) is 8.15. The number of piperidine rings is 1. The Balaban J connectivity index is 1.09. The Bertz CT molecular complexity index is 990. The van der Waals surface area contributed by atoms with Crippen LogP contribution in [0.1, 0.15) is 54.4 Å². The van der Waals surface area contributed by atoms with E-state index in [9.17, 15) is 4.79 Å². The summed E-state index contributed by atoms with van der Waals surface area (Å²) in [5, 5.41) is 3.66. The molecule has 1 amide bonds. The van der Waals surface area contributed by atoms with Crippen LogP contribution in [0, 0.1) is 0 Å². The van der Waals surface area contributed by atoms with Crippen LogP contribution in [0.5, 0.6) is 11.5 Å². The van der Waals surface area contributed by atoms with Crippen molar-refractivity contribution < 1.29 is 19.0 Å². The molecule has 4 aliphatic rings. The van der Waals surface area contributed by atoms with E-state index in [0.29, 0.717) is 25.2 Å². The maximum Gasteiger partial charge on any atom is 0.258 e. The number of hydrogen-bond donors (Lipinski definition) is 1. The maximum atomic E-state index is 13.2. The van der Waals surface area contributed by atoms with Crippen molar-refractivity contribution in [3.63, 3.8) is 0 Å². The van der Waals surface area contributed by atoms with Crippen molar-refractivity contribution in [2.75, 3.05) is 24.7 Å². The minimum absolute atomic E-state index is 0.0468. The van der Waals surface area contributed by atoms with Gasteiger partial charge in [-0.1, -0.05) is 0 Å². The molecule has 0 aliphatic carbocycles. The number of carbonyl (C=O) groups is 1. The molecule has 0 spiro atoms. The molecule has 33 heavy (non-hydrogen) atoms. The lowest BCUT2D eigenvalue weighted by Crippen LogP contribution is -2.42. The predicted octanol–water partition coefficient (Wildman–Crippen LogP) is 4.11. The third-order valence-electron chi connectivity index (χ3n) is 7.50. The van der Waals surface area contributed by atoms with Crippen LogP contribution in [0.25, 0.3) is 0 Å². The highest BCUT2D eigenvalue weighted by Crippen LogP contribution is 2.32. The zero-order valence-electron chi connectivity index (χ0n) is 19.0. The normalized spacial score (nSPS) is 28.6. The first-order chi connectivity index (χ1) is 16.2. The topological polar surface area (TPSA) is 60.0 Å². The number of ether oxygens (including phenoxy) is 3. The van der Waals surface area contributed by atoms with Crippen LogP contribution in [0.4, 0.5) is 5.69 Å². The van der Waals surface area contributed by atoms with Crippen LogP contribution in [-0.4, -0.2) is 50.0 Å². The molecule has 1 N–H and O–H groups in total. The van der Waals surface area contributed by atoms with Crippen LogP contribution >= 0.6 is 0 Å². The van der Waals surface area contributed by atoms with E-state index >= 15 is 0 Å². The minimum atomic E-state index is 0.0468. The summed E-state index contributed by atoms with van der Waals surface area (Å²) in [5.74, 6) is 1.76. The number of benzene rings is 2. The lowest BCUT2D eigenvalue weighted by molar-refractivity contribution is 0.0679. The van der Waals surface area contributed by atoms with Crippen molar-refractivity contribution in [3.8, 4) is 11.5 Å². The first-order valence-electron chi connectivity index (χ1n) is 12.4. The molecule has 4 heterocycles. The first-order valence-corrected chi connectivity index (χ1v) is 12.4.